The number of nitrogens with one attached hydrogen (secondary N) is 2. The highest BCUT2D eigenvalue weighted by molar-refractivity contribution is 5.81. The van der Waals surface area contributed by atoms with Gasteiger partial charge in [-0.15, -0.1) is 0 Å². The van der Waals surface area contributed by atoms with Gasteiger partial charge in [0.05, 0.1) is 12.1 Å². The van der Waals surface area contributed by atoms with Crippen molar-refractivity contribution in [2.24, 2.45) is 0 Å². The van der Waals surface area contributed by atoms with E-state index in [4.69, 9.17) is 4.74 Å². The highest BCUT2D eigenvalue weighted by Crippen LogP contribution is 2.22. The van der Waals surface area contributed by atoms with E-state index in [2.05, 4.69) is 10.6 Å². The van der Waals surface area contributed by atoms with Crippen LogP contribution in [-0.2, 0) is 9.53 Å². The van der Waals surface area contributed by atoms with Crippen molar-refractivity contribution < 1.29 is 9.53 Å². The van der Waals surface area contributed by atoms with Crippen LogP contribution in [-0.4, -0.2) is 37.7 Å². The molecule has 2 N–H and O–H groups in total. The summed E-state index contributed by atoms with van der Waals surface area (Å²) in [5.41, 5.74) is 0. The van der Waals surface area contributed by atoms with Crippen molar-refractivity contribution in [1.82, 2.24) is 10.6 Å². The lowest BCUT2D eigenvalue weighted by Gasteiger charge is -2.36. The fourth-order valence-corrected chi connectivity index (χ4v) is 1.72. The number of carbonyl (C=O) groups excluding carboxylic acids is 1. The van der Waals surface area contributed by atoms with Crippen LogP contribution in [0.5, 0.6) is 0 Å². The SMILES string of the molecule is CCCNC(=O)C(C)NC1CC(OC)C1. The first-order chi connectivity index (χ1) is 7.17. The zero-order valence-corrected chi connectivity index (χ0v) is 9.88. The molecule has 0 saturated heterocycles. The quantitative estimate of drug-likeness (QED) is 0.683. The van der Waals surface area contributed by atoms with Crippen molar-refractivity contribution in [1.29, 1.82) is 0 Å². The lowest BCUT2D eigenvalue weighted by molar-refractivity contribution is -0.123. The molecule has 0 heterocycles. The van der Waals surface area contributed by atoms with Crippen LogP contribution in [0, 0.1) is 0 Å². The Morgan fingerprint density at radius 2 is 2.20 bits per heavy atom. The number of methoxy groups -OCH3 is 1. The number of hydrogen-bond donors (Lipinski definition) is 2. The van der Waals surface area contributed by atoms with Gasteiger partial charge in [0.1, 0.15) is 0 Å². The van der Waals surface area contributed by atoms with Crippen LogP contribution >= 0.6 is 0 Å². The van der Waals surface area contributed by atoms with Crippen molar-refractivity contribution in [3.8, 4) is 0 Å². The molecule has 0 aromatic carbocycles. The van der Waals surface area contributed by atoms with Gasteiger partial charge in [-0.1, -0.05) is 6.92 Å². The summed E-state index contributed by atoms with van der Waals surface area (Å²) in [5.74, 6) is 0.0951. The second-order valence-electron chi connectivity index (χ2n) is 4.21. The Labute approximate surface area is 91.8 Å². The minimum Gasteiger partial charge on any atom is -0.381 e. The molecule has 4 nitrogen and oxygen atoms in total. The third-order valence-electron chi connectivity index (χ3n) is 2.86. The molecule has 1 fully saturated rings. The van der Waals surface area contributed by atoms with E-state index in [0.717, 1.165) is 25.8 Å². The Bertz CT molecular complexity index is 203. The van der Waals surface area contributed by atoms with Crippen LogP contribution in [0.2, 0.25) is 0 Å². The predicted octanol–water partition coefficient (Wildman–Crippen LogP) is 0.668. The average Bonchev–Trinajstić information content (AvgIpc) is 2.18. The van der Waals surface area contributed by atoms with E-state index in [1.807, 2.05) is 13.8 Å². The van der Waals surface area contributed by atoms with Gasteiger partial charge in [0.15, 0.2) is 0 Å². The minimum atomic E-state index is -0.0978. The maximum atomic E-state index is 11.5. The lowest BCUT2D eigenvalue weighted by Crippen LogP contribution is -2.53. The Hall–Kier alpha value is -0.610. The molecule has 1 atom stereocenters. The summed E-state index contributed by atoms with van der Waals surface area (Å²) in [6, 6.07) is 0.344. The largest absolute Gasteiger partial charge is 0.381 e. The van der Waals surface area contributed by atoms with E-state index in [1.165, 1.54) is 0 Å². The van der Waals surface area contributed by atoms with E-state index in [-0.39, 0.29) is 11.9 Å². The summed E-state index contributed by atoms with van der Waals surface area (Å²) in [5, 5.41) is 6.18. The smallest absolute Gasteiger partial charge is 0.236 e. The molecule has 1 amide bonds. The predicted molar refractivity (Wildman–Crippen MR) is 59.7 cm³/mol. The summed E-state index contributed by atoms with van der Waals surface area (Å²) in [7, 11) is 1.73. The average molecular weight is 214 g/mol. The fourth-order valence-electron chi connectivity index (χ4n) is 1.72. The first-order valence-electron chi connectivity index (χ1n) is 5.74. The molecule has 0 aromatic rings. The monoisotopic (exact) mass is 214 g/mol. The molecule has 0 aliphatic heterocycles. The van der Waals surface area contributed by atoms with Crippen molar-refractivity contribution >= 4 is 5.91 Å². The van der Waals surface area contributed by atoms with Gasteiger partial charge >= 0.3 is 0 Å². The highest BCUT2D eigenvalue weighted by atomic mass is 16.5. The van der Waals surface area contributed by atoms with Gasteiger partial charge in [0.2, 0.25) is 5.91 Å². The second kappa shape index (κ2) is 6.08. The van der Waals surface area contributed by atoms with Crippen LogP contribution in [0.3, 0.4) is 0 Å². The molecule has 1 saturated carbocycles. The van der Waals surface area contributed by atoms with Crippen LogP contribution in [0.1, 0.15) is 33.1 Å². The van der Waals surface area contributed by atoms with E-state index in [0.29, 0.717) is 12.1 Å². The van der Waals surface area contributed by atoms with Gasteiger partial charge in [-0.05, 0) is 26.2 Å². The Morgan fingerprint density at radius 1 is 1.53 bits per heavy atom. The van der Waals surface area contributed by atoms with Gasteiger partial charge in [-0.3, -0.25) is 4.79 Å². The highest BCUT2D eigenvalue weighted by Gasteiger charge is 2.30. The summed E-state index contributed by atoms with van der Waals surface area (Å²) in [4.78, 5) is 11.5. The van der Waals surface area contributed by atoms with E-state index in [1.54, 1.807) is 7.11 Å². The van der Waals surface area contributed by atoms with E-state index < -0.39 is 0 Å². The summed E-state index contributed by atoms with van der Waals surface area (Å²) in [6.45, 7) is 4.72. The second-order valence-corrected chi connectivity index (χ2v) is 4.21. The number of ether oxygens (including phenoxy) is 1. The topological polar surface area (TPSA) is 50.4 Å². The first-order valence-corrected chi connectivity index (χ1v) is 5.74. The number of carbonyl (C=O) groups is 1. The zero-order valence-electron chi connectivity index (χ0n) is 9.88. The molecule has 1 aliphatic rings. The van der Waals surface area contributed by atoms with Gasteiger partial charge < -0.3 is 15.4 Å². The normalized spacial score (nSPS) is 26.9. The van der Waals surface area contributed by atoms with E-state index >= 15 is 0 Å². The molecule has 1 rings (SSSR count). The van der Waals surface area contributed by atoms with Crippen molar-refractivity contribution in [3.05, 3.63) is 0 Å². The Morgan fingerprint density at radius 3 is 2.73 bits per heavy atom. The lowest BCUT2D eigenvalue weighted by atomic mass is 9.88. The van der Waals surface area contributed by atoms with Crippen LogP contribution in [0.4, 0.5) is 0 Å². The van der Waals surface area contributed by atoms with Crippen LogP contribution < -0.4 is 10.6 Å². The Balaban J connectivity index is 2.13. The molecule has 0 bridgehead atoms. The van der Waals surface area contributed by atoms with Gasteiger partial charge in [-0.25, -0.2) is 0 Å². The van der Waals surface area contributed by atoms with E-state index in [9.17, 15) is 4.79 Å². The van der Waals surface area contributed by atoms with Crippen molar-refractivity contribution in [2.45, 2.75) is 51.3 Å². The maximum Gasteiger partial charge on any atom is 0.236 e. The number of hydrogen-bond acceptors (Lipinski definition) is 3. The Kier molecular flexibility index (Phi) is 5.05. The third kappa shape index (κ3) is 3.80. The minimum absolute atomic E-state index is 0.0951. The summed E-state index contributed by atoms with van der Waals surface area (Å²) >= 11 is 0. The first kappa shape index (κ1) is 12.5. The zero-order chi connectivity index (χ0) is 11.3. The van der Waals surface area contributed by atoms with Gasteiger partial charge in [0, 0.05) is 19.7 Å². The van der Waals surface area contributed by atoms with Crippen molar-refractivity contribution in [3.63, 3.8) is 0 Å². The molecular weight excluding hydrogens is 192 g/mol. The molecule has 1 unspecified atom stereocenters. The number of rotatable bonds is 6. The molecule has 4 heteroatoms. The number of amides is 1. The summed E-state index contributed by atoms with van der Waals surface area (Å²) in [6.07, 6.45) is 3.39. The molecule has 0 radical (unpaired) electrons. The summed E-state index contributed by atoms with van der Waals surface area (Å²) < 4.78 is 5.18. The van der Waals surface area contributed by atoms with Gasteiger partial charge in [0.25, 0.3) is 0 Å². The maximum absolute atomic E-state index is 11.5. The standard InChI is InChI=1S/C11H22N2O2/c1-4-5-12-11(14)8(2)13-9-6-10(7-9)15-3/h8-10,13H,4-7H2,1-3H3,(H,12,14). The molecule has 15 heavy (non-hydrogen) atoms. The fraction of sp³-hybridized carbons (Fsp3) is 0.909. The molecule has 88 valence electrons. The third-order valence-corrected chi connectivity index (χ3v) is 2.86. The molecule has 0 spiro atoms. The molecule has 1 aliphatic carbocycles. The van der Waals surface area contributed by atoms with Crippen molar-refractivity contribution in [2.75, 3.05) is 13.7 Å². The van der Waals surface area contributed by atoms with Crippen LogP contribution in [0.15, 0.2) is 0 Å². The molecular formula is C11H22N2O2. The molecule has 0 aromatic heterocycles. The van der Waals surface area contributed by atoms with Gasteiger partial charge in [-0.2, -0.15) is 0 Å². The van der Waals surface area contributed by atoms with Crippen LogP contribution in [0.25, 0.3) is 0 Å².